The number of carbonyl (C=O) groups is 1. The number of rotatable bonds is 3. The molecule has 4 nitrogen and oxygen atoms in total. The largest absolute Gasteiger partial charge is 0.468 e. The second-order valence-corrected chi connectivity index (χ2v) is 6.07. The molecule has 1 spiro atoms. The Labute approximate surface area is 120 Å². The molecule has 1 unspecified atom stereocenters. The Bertz CT molecular complexity index is 457. The van der Waals surface area contributed by atoms with Crippen molar-refractivity contribution in [3.05, 3.63) is 24.2 Å². The van der Waals surface area contributed by atoms with E-state index in [9.17, 15) is 4.79 Å². The third kappa shape index (κ3) is 2.49. The van der Waals surface area contributed by atoms with Crippen LogP contribution in [0.2, 0.25) is 0 Å². The fourth-order valence-electron chi connectivity index (χ4n) is 3.92. The van der Waals surface area contributed by atoms with E-state index in [1.807, 2.05) is 12.1 Å². The predicted octanol–water partition coefficient (Wildman–Crippen LogP) is 2.65. The Morgan fingerprint density at radius 3 is 2.95 bits per heavy atom. The number of hydrogen-bond donors (Lipinski definition) is 0. The minimum absolute atomic E-state index is 0.143. The summed E-state index contributed by atoms with van der Waals surface area (Å²) in [6.45, 7) is 6.02. The van der Waals surface area contributed by atoms with Gasteiger partial charge in [-0.1, -0.05) is 0 Å². The van der Waals surface area contributed by atoms with Crippen LogP contribution in [0.1, 0.15) is 44.8 Å². The van der Waals surface area contributed by atoms with Gasteiger partial charge in [-0.15, -0.1) is 0 Å². The summed E-state index contributed by atoms with van der Waals surface area (Å²) in [6, 6.07) is 3.99. The molecule has 1 atom stereocenters. The molecular weight excluding hydrogens is 252 g/mol. The van der Waals surface area contributed by atoms with E-state index < -0.39 is 0 Å². The Kier molecular flexibility index (Phi) is 3.83. The molecule has 1 aromatic heterocycles. The van der Waals surface area contributed by atoms with Crippen molar-refractivity contribution in [2.75, 3.05) is 19.6 Å². The Balaban J connectivity index is 1.66. The molecular formula is C16H24N2O2. The van der Waals surface area contributed by atoms with Crippen LogP contribution in [0.3, 0.4) is 0 Å². The van der Waals surface area contributed by atoms with E-state index in [-0.39, 0.29) is 5.54 Å². The minimum Gasteiger partial charge on any atom is -0.468 e. The highest BCUT2D eigenvalue weighted by molar-refractivity contribution is 5.79. The van der Waals surface area contributed by atoms with Crippen molar-refractivity contribution in [3.63, 3.8) is 0 Å². The molecule has 2 aliphatic heterocycles. The molecule has 0 bridgehead atoms. The van der Waals surface area contributed by atoms with Crippen LogP contribution in [0.4, 0.5) is 0 Å². The number of furan rings is 1. The molecule has 0 N–H and O–H groups in total. The summed E-state index contributed by atoms with van der Waals surface area (Å²) in [4.78, 5) is 16.6. The Morgan fingerprint density at radius 2 is 2.20 bits per heavy atom. The number of hydrogen-bond acceptors (Lipinski definition) is 3. The molecule has 0 radical (unpaired) electrons. The van der Waals surface area contributed by atoms with Crippen LogP contribution >= 0.6 is 0 Å². The van der Waals surface area contributed by atoms with E-state index in [0.29, 0.717) is 5.91 Å². The first-order valence-electron chi connectivity index (χ1n) is 7.79. The quantitative estimate of drug-likeness (QED) is 0.851. The van der Waals surface area contributed by atoms with Gasteiger partial charge in [-0.05, 0) is 51.3 Å². The fourth-order valence-corrected chi connectivity index (χ4v) is 3.92. The van der Waals surface area contributed by atoms with Gasteiger partial charge in [-0.3, -0.25) is 9.69 Å². The maximum atomic E-state index is 12.0. The summed E-state index contributed by atoms with van der Waals surface area (Å²) in [5.41, 5.74) is 0.143. The van der Waals surface area contributed by atoms with E-state index in [1.165, 1.54) is 6.42 Å². The third-order valence-corrected chi connectivity index (χ3v) is 4.96. The first kappa shape index (κ1) is 13.7. The number of carbonyl (C=O) groups excluding carboxylic acids is 1. The lowest BCUT2D eigenvalue weighted by Crippen LogP contribution is -2.46. The normalized spacial score (nSPS) is 28.2. The number of amides is 1. The van der Waals surface area contributed by atoms with Gasteiger partial charge in [-0.2, -0.15) is 0 Å². The predicted molar refractivity (Wildman–Crippen MR) is 77.2 cm³/mol. The van der Waals surface area contributed by atoms with Crippen LogP contribution in [0.25, 0.3) is 0 Å². The fraction of sp³-hybridized carbons (Fsp3) is 0.688. The molecule has 3 heterocycles. The molecule has 110 valence electrons. The first-order chi connectivity index (χ1) is 9.73. The van der Waals surface area contributed by atoms with Crippen molar-refractivity contribution >= 4 is 5.91 Å². The van der Waals surface area contributed by atoms with Gasteiger partial charge in [0.25, 0.3) is 0 Å². The molecule has 1 aromatic rings. The summed E-state index contributed by atoms with van der Waals surface area (Å²) in [7, 11) is 0. The molecule has 2 saturated heterocycles. The number of nitrogens with zero attached hydrogens (tertiary/aromatic N) is 2. The van der Waals surface area contributed by atoms with Gasteiger partial charge < -0.3 is 9.32 Å². The summed E-state index contributed by atoms with van der Waals surface area (Å²) in [6.07, 6.45) is 6.96. The van der Waals surface area contributed by atoms with Crippen molar-refractivity contribution in [1.29, 1.82) is 0 Å². The zero-order chi connectivity index (χ0) is 14.0. The van der Waals surface area contributed by atoms with Crippen LogP contribution in [0.5, 0.6) is 0 Å². The maximum absolute atomic E-state index is 12.0. The van der Waals surface area contributed by atoms with Crippen LogP contribution < -0.4 is 0 Å². The molecule has 4 heteroatoms. The third-order valence-electron chi connectivity index (χ3n) is 4.96. The first-order valence-corrected chi connectivity index (χ1v) is 7.79. The smallest absolute Gasteiger partial charge is 0.223 e. The van der Waals surface area contributed by atoms with E-state index >= 15 is 0 Å². The Hall–Kier alpha value is -1.29. The second-order valence-electron chi connectivity index (χ2n) is 6.07. The van der Waals surface area contributed by atoms with E-state index in [0.717, 1.165) is 57.6 Å². The van der Waals surface area contributed by atoms with Gasteiger partial charge in [-0.25, -0.2) is 0 Å². The lowest BCUT2D eigenvalue weighted by atomic mass is 9.88. The van der Waals surface area contributed by atoms with Gasteiger partial charge in [0.2, 0.25) is 5.91 Å². The number of likely N-dealkylation sites (tertiary alicyclic amines) is 2. The zero-order valence-corrected chi connectivity index (χ0v) is 12.3. The van der Waals surface area contributed by atoms with Gasteiger partial charge in [0.05, 0.1) is 12.8 Å². The summed E-state index contributed by atoms with van der Waals surface area (Å²) in [5.74, 6) is 1.39. The molecule has 2 fully saturated rings. The molecule has 2 aliphatic rings. The molecule has 0 aromatic carbocycles. The van der Waals surface area contributed by atoms with Crippen molar-refractivity contribution < 1.29 is 9.21 Å². The van der Waals surface area contributed by atoms with Gasteiger partial charge >= 0.3 is 0 Å². The summed E-state index contributed by atoms with van der Waals surface area (Å²) < 4.78 is 5.45. The molecule has 0 aliphatic carbocycles. The lowest BCUT2D eigenvalue weighted by molar-refractivity contribution is -0.131. The van der Waals surface area contributed by atoms with E-state index in [4.69, 9.17) is 4.42 Å². The van der Waals surface area contributed by atoms with Crippen LogP contribution in [0, 0.1) is 0 Å². The van der Waals surface area contributed by atoms with Gasteiger partial charge in [0.1, 0.15) is 5.76 Å². The Morgan fingerprint density at radius 1 is 1.30 bits per heavy atom. The maximum Gasteiger partial charge on any atom is 0.223 e. The molecule has 0 saturated carbocycles. The second kappa shape index (κ2) is 5.60. The average molecular weight is 276 g/mol. The van der Waals surface area contributed by atoms with Crippen LogP contribution in [-0.4, -0.2) is 40.9 Å². The topological polar surface area (TPSA) is 36.7 Å². The summed E-state index contributed by atoms with van der Waals surface area (Å²) in [5, 5.41) is 0. The van der Waals surface area contributed by atoms with Gasteiger partial charge in [0, 0.05) is 25.0 Å². The molecule has 1 amide bonds. The minimum atomic E-state index is 0.143. The van der Waals surface area contributed by atoms with Gasteiger partial charge in [0.15, 0.2) is 0 Å². The van der Waals surface area contributed by atoms with E-state index in [2.05, 4.69) is 16.7 Å². The van der Waals surface area contributed by atoms with Crippen molar-refractivity contribution in [2.45, 2.75) is 51.1 Å². The molecule has 3 rings (SSSR count). The zero-order valence-electron chi connectivity index (χ0n) is 12.3. The van der Waals surface area contributed by atoms with Crippen LogP contribution in [0.15, 0.2) is 22.8 Å². The van der Waals surface area contributed by atoms with Crippen molar-refractivity contribution in [2.24, 2.45) is 0 Å². The molecule has 20 heavy (non-hydrogen) atoms. The average Bonchev–Trinajstić information content (AvgIpc) is 2.99. The van der Waals surface area contributed by atoms with Crippen molar-refractivity contribution in [3.8, 4) is 0 Å². The van der Waals surface area contributed by atoms with Crippen LogP contribution in [-0.2, 0) is 11.3 Å². The van der Waals surface area contributed by atoms with Crippen molar-refractivity contribution in [1.82, 2.24) is 9.80 Å². The highest BCUT2D eigenvalue weighted by atomic mass is 16.3. The van der Waals surface area contributed by atoms with E-state index in [1.54, 1.807) is 6.26 Å². The highest BCUT2D eigenvalue weighted by Crippen LogP contribution is 2.39. The lowest BCUT2D eigenvalue weighted by Gasteiger charge is -2.37. The SMILES string of the molecule is CCN1C(=O)CCC12CCCN(Cc1ccco1)CC2. The standard InChI is InChI=1S/C16H24N2O2/c1-2-18-15(19)6-8-16(18)7-4-10-17(11-9-16)13-14-5-3-12-20-14/h3,5,12H,2,4,6-11,13H2,1H3. The highest BCUT2D eigenvalue weighted by Gasteiger charge is 2.44. The monoisotopic (exact) mass is 276 g/mol. The summed E-state index contributed by atoms with van der Waals surface area (Å²) >= 11 is 0.